The van der Waals surface area contributed by atoms with Gasteiger partial charge in [-0.15, -0.1) is 0 Å². The highest BCUT2D eigenvalue weighted by atomic mass is 16.6. The number of nitrogens with zero attached hydrogens (tertiary/aromatic N) is 2. The van der Waals surface area contributed by atoms with E-state index in [1.165, 1.54) is 6.07 Å². The van der Waals surface area contributed by atoms with Crippen LogP contribution in [0.25, 0.3) is 11.3 Å². The zero-order valence-electron chi connectivity index (χ0n) is 10.6. The summed E-state index contributed by atoms with van der Waals surface area (Å²) in [5.74, 6) is -0.592. The molecule has 0 aliphatic rings. The molecule has 0 spiro atoms. The molecular formula is C12H10N6O3. The van der Waals surface area contributed by atoms with Crippen molar-refractivity contribution >= 4 is 17.4 Å². The lowest BCUT2D eigenvalue weighted by Crippen LogP contribution is -2.14. The van der Waals surface area contributed by atoms with Gasteiger partial charge < -0.3 is 11.1 Å². The minimum Gasteiger partial charge on any atom is -0.379 e. The molecule has 0 radical (unpaired) electrons. The average Bonchev–Trinajstić information content (AvgIpc) is 3.08. The summed E-state index contributed by atoms with van der Waals surface area (Å²) in [5.41, 5.74) is 7.15. The Morgan fingerprint density at radius 2 is 1.95 bits per heavy atom. The second-order valence-corrected chi connectivity index (χ2v) is 4.20. The van der Waals surface area contributed by atoms with E-state index in [-0.39, 0.29) is 17.1 Å². The predicted octanol–water partition coefficient (Wildman–Crippen LogP) is 0.587. The molecule has 106 valence electrons. The quantitative estimate of drug-likeness (QED) is 0.554. The smallest absolute Gasteiger partial charge is 0.281 e. The molecule has 0 unspecified atom stereocenters. The van der Waals surface area contributed by atoms with E-state index in [1.54, 1.807) is 24.3 Å². The van der Waals surface area contributed by atoms with Crippen molar-refractivity contribution in [3.63, 3.8) is 0 Å². The largest absolute Gasteiger partial charge is 0.379 e. The number of rotatable bonds is 3. The van der Waals surface area contributed by atoms with E-state index in [4.69, 9.17) is 5.73 Å². The van der Waals surface area contributed by atoms with Crippen LogP contribution in [0.4, 0.5) is 11.5 Å². The van der Waals surface area contributed by atoms with Crippen molar-refractivity contribution in [3.8, 4) is 11.3 Å². The van der Waals surface area contributed by atoms with Gasteiger partial charge in [0.25, 0.3) is 11.5 Å². The van der Waals surface area contributed by atoms with E-state index in [9.17, 15) is 9.59 Å². The highest BCUT2D eigenvalue weighted by Gasteiger charge is 2.15. The van der Waals surface area contributed by atoms with Crippen LogP contribution in [-0.4, -0.2) is 26.4 Å². The molecule has 9 heteroatoms. The van der Waals surface area contributed by atoms with E-state index in [0.29, 0.717) is 11.4 Å². The lowest BCUT2D eigenvalue weighted by atomic mass is 10.1. The van der Waals surface area contributed by atoms with Gasteiger partial charge in [0.1, 0.15) is 0 Å². The summed E-state index contributed by atoms with van der Waals surface area (Å²) in [6.07, 6.45) is 0. The first-order valence-corrected chi connectivity index (χ1v) is 5.91. The Kier molecular flexibility index (Phi) is 2.99. The molecule has 1 aromatic carbocycles. The van der Waals surface area contributed by atoms with E-state index >= 15 is 0 Å². The Hall–Kier alpha value is -3.36. The Morgan fingerprint density at radius 3 is 2.52 bits per heavy atom. The standard InChI is InChI=1S/C12H10N6O3/c13-11-10(17-21-18-11)12(20)14-7-3-1-6(2-4-7)8-5-9(19)16-15-8/h1-5H,(H2,13,18)(H,14,20)(H2,15,16,19). The Labute approximate surface area is 117 Å². The summed E-state index contributed by atoms with van der Waals surface area (Å²) in [5, 5.41) is 14.5. The molecule has 3 aromatic rings. The van der Waals surface area contributed by atoms with Gasteiger partial charge in [-0.3, -0.25) is 19.8 Å². The molecule has 2 aromatic heterocycles. The van der Waals surface area contributed by atoms with Crippen LogP contribution in [0.3, 0.4) is 0 Å². The van der Waals surface area contributed by atoms with E-state index in [2.05, 4.69) is 30.5 Å². The normalized spacial score (nSPS) is 10.5. The molecule has 0 aliphatic heterocycles. The number of H-pyrrole nitrogens is 2. The van der Waals surface area contributed by atoms with Gasteiger partial charge in [-0.25, -0.2) is 4.63 Å². The zero-order valence-corrected chi connectivity index (χ0v) is 10.6. The van der Waals surface area contributed by atoms with Gasteiger partial charge >= 0.3 is 0 Å². The zero-order chi connectivity index (χ0) is 14.8. The lowest BCUT2D eigenvalue weighted by molar-refractivity contribution is 0.101. The highest BCUT2D eigenvalue weighted by molar-refractivity contribution is 6.05. The van der Waals surface area contributed by atoms with Crippen LogP contribution in [0.15, 0.2) is 39.8 Å². The van der Waals surface area contributed by atoms with Crippen molar-refractivity contribution < 1.29 is 9.42 Å². The summed E-state index contributed by atoms with van der Waals surface area (Å²) in [4.78, 5) is 22.9. The number of nitrogens with one attached hydrogen (secondary N) is 3. The summed E-state index contributed by atoms with van der Waals surface area (Å²) in [6.45, 7) is 0. The molecule has 2 heterocycles. The second kappa shape index (κ2) is 4.96. The Bertz CT molecular complexity index is 829. The number of benzene rings is 1. The molecular weight excluding hydrogens is 276 g/mol. The molecule has 21 heavy (non-hydrogen) atoms. The number of anilines is 2. The first-order chi connectivity index (χ1) is 10.1. The van der Waals surface area contributed by atoms with E-state index < -0.39 is 5.91 Å². The number of hydrogen-bond donors (Lipinski definition) is 4. The van der Waals surface area contributed by atoms with Crippen LogP contribution in [0, 0.1) is 0 Å². The predicted molar refractivity (Wildman–Crippen MR) is 73.5 cm³/mol. The van der Waals surface area contributed by atoms with Gasteiger partial charge in [-0.2, -0.15) is 0 Å². The first-order valence-electron chi connectivity index (χ1n) is 5.91. The van der Waals surface area contributed by atoms with Crippen molar-refractivity contribution in [1.29, 1.82) is 0 Å². The minimum absolute atomic E-state index is 0.0750. The fourth-order valence-electron chi connectivity index (χ4n) is 1.76. The number of aromatic amines is 2. The van der Waals surface area contributed by atoms with Crippen LogP contribution in [0.2, 0.25) is 0 Å². The second-order valence-electron chi connectivity index (χ2n) is 4.20. The molecule has 0 atom stereocenters. The van der Waals surface area contributed by atoms with Gasteiger partial charge in [0, 0.05) is 11.8 Å². The summed E-state index contributed by atoms with van der Waals surface area (Å²) in [6, 6.07) is 8.30. The van der Waals surface area contributed by atoms with Crippen molar-refractivity contribution in [3.05, 3.63) is 46.4 Å². The molecule has 0 saturated heterocycles. The molecule has 3 rings (SSSR count). The maximum Gasteiger partial charge on any atom is 0.281 e. The van der Waals surface area contributed by atoms with Gasteiger partial charge in [-0.1, -0.05) is 12.1 Å². The van der Waals surface area contributed by atoms with Gasteiger partial charge in [0.15, 0.2) is 0 Å². The third kappa shape index (κ3) is 2.52. The van der Waals surface area contributed by atoms with Crippen LogP contribution < -0.4 is 16.6 Å². The topological polar surface area (TPSA) is 143 Å². The number of amides is 1. The molecule has 0 bridgehead atoms. The van der Waals surface area contributed by atoms with Crippen LogP contribution in [0.1, 0.15) is 10.5 Å². The van der Waals surface area contributed by atoms with Crippen molar-refractivity contribution in [1.82, 2.24) is 20.5 Å². The minimum atomic E-state index is -0.517. The maximum atomic E-state index is 11.8. The van der Waals surface area contributed by atoms with Crippen LogP contribution in [0.5, 0.6) is 0 Å². The summed E-state index contributed by atoms with van der Waals surface area (Å²) >= 11 is 0. The third-order valence-electron chi connectivity index (χ3n) is 2.78. The monoisotopic (exact) mass is 286 g/mol. The van der Waals surface area contributed by atoms with Crippen LogP contribution >= 0.6 is 0 Å². The maximum absolute atomic E-state index is 11.8. The average molecular weight is 286 g/mol. The molecule has 0 saturated carbocycles. The highest BCUT2D eigenvalue weighted by Crippen LogP contribution is 2.18. The van der Waals surface area contributed by atoms with Gasteiger partial charge in [0.2, 0.25) is 11.5 Å². The van der Waals surface area contributed by atoms with Gasteiger partial charge in [0.05, 0.1) is 5.69 Å². The fraction of sp³-hybridized carbons (Fsp3) is 0. The van der Waals surface area contributed by atoms with E-state index in [1.807, 2.05) is 0 Å². The Balaban J connectivity index is 1.77. The fourth-order valence-corrected chi connectivity index (χ4v) is 1.76. The molecule has 1 amide bonds. The van der Waals surface area contributed by atoms with Crippen LogP contribution in [-0.2, 0) is 0 Å². The first kappa shape index (κ1) is 12.7. The summed E-state index contributed by atoms with van der Waals surface area (Å²) < 4.78 is 4.36. The number of carbonyl (C=O) groups is 1. The molecule has 0 fully saturated rings. The van der Waals surface area contributed by atoms with Crippen molar-refractivity contribution in [2.24, 2.45) is 0 Å². The number of nitrogens with two attached hydrogens (primary N) is 1. The van der Waals surface area contributed by atoms with Crippen molar-refractivity contribution in [2.45, 2.75) is 0 Å². The van der Waals surface area contributed by atoms with E-state index in [0.717, 1.165) is 5.56 Å². The Morgan fingerprint density at radius 1 is 1.19 bits per heavy atom. The van der Waals surface area contributed by atoms with Gasteiger partial charge in [-0.05, 0) is 28.0 Å². The SMILES string of the molecule is Nc1nonc1C(=O)Nc1ccc(-c2cc(=O)[nH][nH]2)cc1. The number of hydrogen-bond acceptors (Lipinski definition) is 6. The lowest BCUT2D eigenvalue weighted by Gasteiger charge is -2.04. The molecule has 0 aliphatic carbocycles. The summed E-state index contributed by atoms with van der Waals surface area (Å²) in [7, 11) is 0. The third-order valence-corrected chi connectivity index (χ3v) is 2.78. The molecule has 9 nitrogen and oxygen atoms in total. The van der Waals surface area contributed by atoms with Crippen molar-refractivity contribution in [2.75, 3.05) is 11.1 Å². The number of aromatic nitrogens is 4. The number of carbonyl (C=O) groups excluding carboxylic acids is 1. The number of nitrogen functional groups attached to an aromatic ring is 1. The molecule has 5 N–H and O–H groups in total.